The van der Waals surface area contributed by atoms with E-state index in [1.807, 2.05) is 25.3 Å². The van der Waals surface area contributed by atoms with E-state index in [1.165, 1.54) is 11.3 Å². The lowest BCUT2D eigenvalue weighted by Gasteiger charge is -2.14. The molecule has 0 radical (unpaired) electrons. The molecule has 1 rings (SSSR count). The summed E-state index contributed by atoms with van der Waals surface area (Å²) in [6, 6.07) is 1.91. The summed E-state index contributed by atoms with van der Waals surface area (Å²) in [5, 5.41) is 1.99. The highest BCUT2D eigenvalue weighted by Gasteiger charge is 2.17. The molecular formula is C9H11ClOS. The van der Waals surface area contributed by atoms with E-state index in [0.717, 1.165) is 22.6 Å². The first kappa shape index (κ1) is 9.75. The van der Waals surface area contributed by atoms with Gasteiger partial charge in [-0.1, -0.05) is 25.4 Å². The Morgan fingerprint density at radius 2 is 2.33 bits per heavy atom. The molecule has 0 amide bonds. The number of rotatable bonds is 3. The van der Waals surface area contributed by atoms with Crippen LogP contribution in [-0.4, -0.2) is 6.29 Å². The number of hydrogen-bond acceptors (Lipinski definition) is 2. The van der Waals surface area contributed by atoms with Crippen LogP contribution >= 0.6 is 22.9 Å². The van der Waals surface area contributed by atoms with Gasteiger partial charge >= 0.3 is 0 Å². The van der Waals surface area contributed by atoms with Gasteiger partial charge in [0.25, 0.3) is 0 Å². The number of halogens is 1. The maximum atomic E-state index is 10.6. The Balaban J connectivity index is 2.69. The first-order valence-electron chi connectivity index (χ1n) is 3.73. The maximum Gasteiger partial charge on any atom is 0.125 e. The highest BCUT2D eigenvalue weighted by molar-refractivity contribution is 7.14. The topological polar surface area (TPSA) is 17.1 Å². The van der Waals surface area contributed by atoms with Crippen molar-refractivity contribution in [2.24, 2.45) is 5.41 Å². The minimum Gasteiger partial charge on any atom is -0.303 e. The molecule has 0 saturated carbocycles. The lowest BCUT2D eigenvalue weighted by atomic mass is 9.89. The fraction of sp³-hybridized carbons (Fsp3) is 0.444. The SMILES string of the molecule is CC(C)(C=O)Cc1csc(Cl)c1. The van der Waals surface area contributed by atoms with E-state index in [4.69, 9.17) is 11.6 Å². The molecule has 0 aromatic carbocycles. The van der Waals surface area contributed by atoms with Crippen molar-refractivity contribution in [2.75, 3.05) is 0 Å². The first-order valence-corrected chi connectivity index (χ1v) is 4.98. The summed E-state index contributed by atoms with van der Waals surface area (Å²) < 4.78 is 0.784. The molecule has 1 aromatic rings. The van der Waals surface area contributed by atoms with Crippen molar-refractivity contribution < 1.29 is 4.79 Å². The minimum atomic E-state index is -0.273. The average molecular weight is 203 g/mol. The van der Waals surface area contributed by atoms with Crippen LogP contribution in [0.15, 0.2) is 11.4 Å². The third kappa shape index (κ3) is 2.61. The average Bonchev–Trinajstić information content (AvgIpc) is 2.35. The van der Waals surface area contributed by atoms with Gasteiger partial charge < -0.3 is 4.79 Å². The molecule has 1 aromatic heterocycles. The summed E-state index contributed by atoms with van der Waals surface area (Å²) in [7, 11) is 0. The number of hydrogen-bond donors (Lipinski definition) is 0. The lowest BCUT2D eigenvalue weighted by molar-refractivity contribution is -0.114. The molecular weight excluding hydrogens is 192 g/mol. The zero-order valence-electron chi connectivity index (χ0n) is 7.13. The van der Waals surface area contributed by atoms with Crippen molar-refractivity contribution in [3.63, 3.8) is 0 Å². The van der Waals surface area contributed by atoms with Crippen LogP contribution in [0.2, 0.25) is 4.34 Å². The number of carbonyl (C=O) groups is 1. The summed E-state index contributed by atoms with van der Waals surface area (Å²) in [6.45, 7) is 3.84. The molecule has 0 spiro atoms. The molecule has 0 unspecified atom stereocenters. The summed E-state index contributed by atoms with van der Waals surface area (Å²) in [4.78, 5) is 10.6. The molecule has 3 heteroatoms. The highest BCUT2D eigenvalue weighted by Crippen LogP contribution is 2.25. The second-order valence-electron chi connectivity index (χ2n) is 3.54. The summed E-state index contributed by atoms with van der Waals surface area (Å²) in [5.74, 6) is 0. The Hall–Kier alpha value is -0.340. The normalized spacial score (nSPS) is 11.6. The summed E-state index contributed by atoms with van der Waals surface area (Å²) in [6.07, 6.45) is 1.75. The quantitative estimate of drug-likeness (QED) is 0.689. The van der Waals surface area contributed by atoms with Crippen LogP contribution in [0.5, 0.6) is 0 Å². The van der Waals surface area contributed by atoms with Crippen LogP contribution in [0, 0.1) is 5.41 Å². The third-order valence-electron chi connectivity index (χ3n) is 1.60. The standard InChI is InChI=1S/C9H11ClOS/c1-9(2,6-11)4-7-3-8(10)12-5-7/h3,5-6H,4H2,1-2H3. The van der Waals surface area contributed by atoms with Gasteiger partial charge in [0.05, 0.1) is 4.34 Å². The van der Waals surface area contributed by atoms with Gasteiger partial charge in [-0.05, 0) is 23.4 Å². The molecule has 66 valence electrons. The van der Waals surface area contributed by atoms with E-state index < -0.39 is 0 Å². The Bertz CT molecular complexity index is 278. The van der Waals surface area contributed by atoms with Gasteiger partial charge in [0, 0.05) is 5.41 Å². The fourth-order valence-corrected chi connectivity index (χ4v) is 1.91. The van der Waals surface area contributed by atoms with Gasteiger partial charge in [0.2, 0.25) is 0 Å². The minimum absolute atomic E-state index is 0.273. The van der Waals surface area contributed by atoms with Crippen molar-refractivity contribution in [3.8, 4) is 0 Å². The second kappa shape index (κ2) is 3.58. The first-order chi connectivity index (χ1) is 5.53. The predicted octanol–water partition coefficient (Wildman–Crippen LogP) is 3.17. The number of thiophene rings is 1. The Labute approximate surface area is 81.4 Å². The van der Waals surface area contributed by atoms with Gasteiger partial charge in [-0.3, -0.25) is 0 Å². The molecule has 0 aliphatic rings. The molecule has 0 N–H and O–H groups in total. The van der Waals surface area contributed by atoms with Crippen LogP contribution in [0.3, 0.4) is 0 Å². The molecule has 1 nitrogen and oxygen atoms in total. The van der Waals surface area contributed by atoms with Gasteiger partial charge in [0.15, 0.2) is 0 Å². The molecule has 0 fully saturated rings. The van der Waals surface area contributed by atoms with Crippen LogP contribution in [-0.2, 0) is 11.2 Å². The number of aldehydes is 1. The Morgan fingerprint density at radius 3 is 2.75 bits per heavy atom. The van der Waals surface area contributed by atoms with Crippen LogP contribution in [0.1, 0.15) is 19.4 Å². The van der Waals surface area contributed by atoms with Gasteiger partial charge in [0.1, 0.15) is 6.29 Å². The van der Waals surface area contributed by atoms with Crippen molar-refractivity contribution in [3.05, 3.63) is 21.3 Å². The van der Waals surface area contributed by atoms with E-state index in [0.29, 0.717) is 0 Å². The van der Waals surface area contributed by atoms with E-state index in [9.17, 15) is 4.79 Å². The molecule has 0 atom stereocenters. The van der Waals surface area contributed by atoms with Crippen molar-refractivity contribution in [1.82, 2.24) is 0 Å². The third-order valence-corrected chi connectivity index (χ3v) is 2.74. The monoisotopic (exact) mass is 202 g/mol. The van der Waals surface area contributed by atoms with Crippen molar-refractivity contribution in [1.29, 1.82) is 0 Å². The number of carbonyl (C=O) groups excluding carboxylic acids is 1. The smallest absolute Gasteiger partial charge is 0.125 e. The highest BCUT2D eigenvalue weighted by atomic mass is 35.5. The fourth-order valence-electron chi connectivity index (χ4n) is 1.01. The summed E-state index contributed by atoms with van der Waals surface area (Å²) in [5.41, 5.74) is 0.867. The summed E-state index contributed by atoms with van der Waals surface area (Å²) >= 11 is 7.27. The largest absolute Gasteiger partial charge is 0.303 e. The Morgan fingerprint density at radius 1 is 1.67 bits per heavy atom. The molecule has 0 aliphatic heterocycles. The van der Waals surface area contributed by atoms with E-state index in [-0.39, 0.29) is 5.41 Å². The van der Waals surface area contributed by atoms with Crippen molar-refractivity contribution in [2.45, 2.75) is 20.3 Å². The predicted molar refractivity (Wildman–Crippen MR) is 52.9 cm³/mol. The molecule has 0 bridgehead atoms. The molecule has 12 heavy (non-hydrogen) atoms. The van der Waals surface area contributed by atoms with Crippen molar-refractivity contribution >= 4 is 29.2 Å². The second-order valence-corrected chi connectivity index (χ2v) is 5.08. The molecule has 0 aliphatic carbocycles. The van der Waals surface area contributed by atoms with Gasteiger partial charge in [-0.25, -0.2) is 0 Å². The van der Waals surface area contributed by atoms with Gasteiger partial charge in [-0.15, -0.1) is 11.3 Å². The van der Waals surface area contributed by atoms with Crippen LogP contribution in [0.4, 0.5) is 0 Å². The zero-order chi connectivity index (χ0) is 9.19. The molecule has 0 saturated heterocycles. The van der Waals surface area contributed by atoms with E-state index >= 15 is 0 Å². The molecule has 1 heterocycles. The zero-order valence-corrected chi connectivity index (χ0v) is 8.71. The lowest BCUT2D eigenvalue weighted by Crippen LogP contribution is -2.15. The maximum absolute atomic E-state index is 10.6. The van der Waals surface area contributed by atoms with Crippen LogP contribution < -0.4 is 0 Å². The van der Waals surface area contributed by atoms with Gasteiger partial charge in [-0.2, -0.15) is 0 Å². The Kier molecular flexibility index (Phi) is 2.91. The van der Waals surface area contributed by atoms with E-state index in [2.05, 4.69) is 0 Å². The van der Waals surface area contributed by atoms with Crippen LogP contribution in [0.25, 0.3) is 0 Å². The van der Waals surface area contributed by atoms with E-state index in [1.54, 1.807) is 0 Å².